The van der Waals surface area contributed by atoms with Crippen LogP contribution in [0.5, 0.6) is 5.75 Å². The van der Waals surface area contributed by atoms with Crippen LogP contribution in [0, 0.1) is 0 Å². The zero-order valence-electron chi connectivity index (χ0n) is 17.7. The maximum Gasteiger partial charge on any atom is 0.191 e. The number of benzene rings is 1. The number of nitrogens with zero attached hydrogens (tertiary/aromatic N) is 2. The number of ether oxygens (including phenoxy) is 2. The number of nitrogens with one attached hydrogen (secondary N) is 2. The molecule has 8 nitrogen and oxygen atoms in total. The van der Waals surface area contributed by atoms with Crippen LogP contribution in [-0.4, -0.2) is 84.3 Å². The van der Waals surface area contributed by atoms with E-state index in [1.807, 2.05) is 19.1 Å². The number of hydrogen-bond donors (Lipinski definition) is 2. The average Bonchev–Trinajstić information content (AvgIpc) is 2.71. The molecule has 1 aromatic carbocycles. The van der Waals surface area contributed by atoms with Crippen molar-refractivity contribution in [2.75, 3.05) is 65.1 Å². The molecule has 0 aliphatic carbocycles. The van der Waals surface area contributed by atoms with Crippen molar-refractivity contribution < 1.29 is 17.9 Å². The van der Waals surface area contributed by atoms with Crippen molar-refractivity contribution in [2.45, 2.75) is 19.4 Å². The molecule has 2 rings (SSSR count). The summed E-state index contributed by atoms with van der Waals surface area (Å²) in [5.74, 6) is 1.70. The van der Waals surface area contributed by atoms with Gasteiger partial charge in [-0.25, -0.2) is 8.42 Å². The van der Waals surface area contributed by atoms with E-state index < -0.39 is 9.84 Å². The second kappa shape index (κ2) is 12.0. The number of methoxy groups -OCH3 is 1. The second-order valence-electron chi connectivity index (χ2n) is 7.07. The topological polar surface area (TPSA) is 92.3 Å². The van der Waals surface area contributed by atoms with Gasteiger partial charge in [0.2, 0.25) is 0 Å². The van der Waals surface area contributed by atoms with Gasteiger partial charge in [-0.15, -0.1) is 0 Å². The first kappa shape index (κ1) is 23.4. The zero-order valence-corrected chi connectivity index (χ0v) is 18.5. The summed E-state index contributed by atoms with van der Waals surface area (Å²) >= 11 is 0. The Bertz CT molecular complexity index is 731. The number of hydrogen-bond acceptors (Lipinski definition) is 6. The van der Waals surface area contributed by atoms with Gasteiger partial charge in [0.1, 0.15) is 15.6 Å². The molecular weight excluding hydrogens is 392 g/mol. The first-order valence-electron chi connectivity index (χ1n) is 10.1. The van der Waals surface area contributed by atoms with E-state index in [0.29, 0.717) is 25.5 Å². The van der Waals surface area contributed by atoms with Crippen LogP contribution in [0.25, 0.3) is 0 Å². The van der Waals surface area contributed by atoms with Crippen LogP contribution >= 0.6 is 0 Å². The fourth-order valence-corrected chi connectivity index (χ4v) is 3.88. The highest BCUT2D eigenvalue weighted by atomic mass is 32.2. The summed E-state index contributed by atoms with van der Waals surface area (Å²) in [6, 6.07) is 8.25. The third kappa shape index (κ3) is 8.59. The van der Waals surface area contributed by atoms with E-state index in [0.717, 1.165) is 38.6 Å². The van der Waals surface area contributed by atoms with E-state index in [9.17, 15) is 8.42 Å². The number of rotatable bonds is 10. The van der Waals surface area contributed by atoms with Crippen LogP contribution in [0.4, 0.5) is 0 Å². The summed E-state index contributed by atoms with van der Waals surface area (Å²) in [5.41, 5.74) is 1.18. The SMILES string of the molecule is CCNC(=NCC(c1ccc(OC)cc1)N1CCOCC1)NCCCS(C)(=O)=O. The highest BCUT2D eigenvalue weighted by molar-refractivity contribution is 7.90. The van der Waals surface area contributed by atoms with Crippen molar-refractivity contribution in [3.05, 3.63) is 29.8 Å². The van der Waals surface area contributed by atoms with Gasteiger partial charge < -0.3 is 20.1 Å². The van der Waals surface area contributed by atoms with Gasteiger partial charge in [-0.1, -0.05) is 12.1 Å². The molecule has 9 heteroatoms. The Morgan fingerprint density at radius 3 is 2.52 bits per heavy atom. The molecule has 1 unspecified atom stereocenters. The van der Waals surface area contributed by atoms with Gasteiger partial charge in [0.25, 0.3) is 0 Å². The van der Waals surface area contributed by atoms with Crippen molar-refractivity contribution >= 4 is 15.8 Å². The summed E-state index contributed by atoms with van der Waals surface area (Å²) in [6.07, 6.45) is 1.81. The summed E-state index contributed by atoms with van der Waals surface area (Å²) in [4.78, 5) is 7.16. The maximum absolute atomic E-state index is 11.3. The lowest BCUT2D eigenvalue weighted by molar-refractivity contribution is 0.0179. The third-order valence-corrected chi connectivity index (χ3v) is 5.77. The van der Waals surface area contributed by atoms with Crippen LogP contribution < -0.4 is 15.4 Å². The lowest BCUT2D eigenvalue weighted by atomic mass is 10.0. The van der Waals surface area contributed by atoms with E-state index >= 15 is 0 Å². The van der Waals surface area contributed by atoms with Crippen LogP contribution in [-0.2, 0) is 14.6 Å². The molecule has 0 saturated carbocycles. The van der Waals surface area contributed by atoms with Crippen molar-refractivity contribution in [3.8, 4) is 5.75 Å². The normalized spacial score (nSPS) is 17.0. The predicted octanol–water partition coefficient (Wildman–Crippen LogP) is 1.06. The Labute approximate surface area is 174 Å². The number of guanidine groups is 1. The Morgan fingerprint density at radius 2 is 1.93 bits per heavy atom. The van der Waals surface area contributed by atoms with Crippen molar-refractivity contribution in [1.29, 1.82) is 0 Å². The van der Waals surface area contributed by atoms with Gasteiger partial charge in [-0.3, -0.25) is 9.89 Å². The molecule has 0 bridgehead atoms. The molecule has 2 N–H and O–H groups in total. The predicted molar refractivity (Wildman–Crippen MR) is 116 cm³/mol. The smallest absolute Gasteiger partial charge is 0.191 e. The quantitative estimate of drug-likeness (QED) is 0.328. The molecule has 1 aliphatic heterocycles. The minimum absolute atomic E-state index is 0.135. The van der Waals surface area contributed by atoms with Gasteiger partial charge in [-0.05, 0) is 31.0 Å². The van der Waals surface area contributed by atoms with Crippen LogP contribution in [0.3, 0.4) is 0 Å². The van der Waals surface area contributed by atoms with Gasteiger partial charge in [0.05, 0.1) is 38.7 Å². The van der Waals surface area contributed by atoms with Crippen LogP contribution in [0.15, 0.2) is 29.3 Å². The Hall–Kier alpha value is -1.84. The Kier molecular flexibility index (Phi) is 9.69. The summed E-state index contributed by atoms with van der Waals surface area (Å²) in [7, 11) is -1.28. The molecule has 1 fully saturated rings. The average molecular weight is 427 g/mol. The van der Waals surface area contributed by atoms with Gasteiger partial charge in [0.15, 0.2) is 5.96 Å². The first-order valence-corrected chi connectivity index (χ1v) is 12.1. The molecule has 1 heterocycles. The second-order valence-corrected chi connectivity index (χ2v) is 9.33. The van der Waals surface area contributed by atoms with Gasteiger partial charge >= 0.3 is 0 Å². The lowest BCUT2D eigenvalue weighted by Crippen LogP contribution is -2.42. The molecule has 1 atom stereocenters. The minimum atomic E-state index is -2.95. The molecule has 0 radical (unpaired) electrons. The maximum atomic E-state index is 11.3. The van der Waals surface area contributed by atoms with Crippen molar-refractivity contribution in [1.82, 2.24) is 15.5 Å². The van der Waals surface area contributed by atoms with Gasteiger partial charge in [0, 0.05) is 32.4 Å². The summed E-state index contributed by atoms with van der Waals surface area (Å²) < 4.78 is 33.4. The van der Waals surface area contributed by atoms with Crippen molar-refractivity contribution in [2.24, 2.45) is 4.99 Å². The van der Waals surface area contributed by atoms with E-state index in [1.54, 1.807) is 7.11 Å². The molecule has 0 amide bonds. The monoisotopic (exact) mass is 426 g/mol. The molecule has 29 heavy (non-hydrogen) atoms. The summed E-state index contributed by atoms with van der Waals surface area (Å²) in [6.45, 7) is 7.08. The van der Waals surface area contributed by atoms with Crippen LogP contribution in [0.2, 0.25) is 0 Å². The lowest BCUT2D eigenvalue weighted by Gasteiger charge is -2.34. The summed E-state index contributed by atoms with van der Waals surface area (Å²) in [5, 5.41) is 6.47. The van der Waals surface area contributed by atoms with E-state index in [2.05, 4.69) is 27.7 Å². The van der Waals surface area contributed by atoms with E-state index in [4.69, 9.17) is 14.5 Å². The highest BCUT2D eigenvalue weighted by Crippen LogP contribution is 2.24. The fourth-order valence-electron chi connectivity index (χ4n) is 3.21. The molecular formula is C20H34N4O4S. The molecule has 1 aliphatic rings. The molecule has 164 valence electrons. The Balaban J connectivity index is 2.07. The van der Waals surface area contributed by atoms with E-state index in [-0.39, 0.29) is 11.8 Å². The number of morpholine rings is 1. The standard InChI is InChI=1S/C20H34N4O4S/c1-4-21-20(22-10-5-15-29(3,25)26)23-16-19(24-11-13-28-14-12-24)17-6-8-18(27-2)9-7-17/h6-9,19H,4-5,10-16H2,1-3H3,(H2,21,22,23). The first-order chi connectivity index (χ1) is 13.9. The molecule has 0 aromatic heterocycles. The van der Waals surface area contributed by atoms with Crippen molar-refractivity contribution in [3.63, 3.8) is 0 Å². The van der Waals surface area contributed by atoms with E-state index in [1.165, 1.54) is 11.8 Å². The molecule has 1 saturated heterocycles. The number of sulfone groups is 1. The Morgan fingerprint density at radius 1 is 1.24 bits per heavy atom. The minimum Gasteiger partial charge on any atom is -0.497 e. The largest absolute Gasteiger partial charge is 0.497 e. The van der Waals surface area contributed by atoms with Crippen LogP contribution in [0.1, 0.15) is 24.9 Å². The number of aliphatic imine (C=N–C) groups is 1. The third-order valence-electron chi connectivity index (χ3n) is 4.74. The fraction of sp³-hybridized carbons (Fsp3) is 0.650. The zero-order chi connectivity index (χ0) is 21.1. The molecule has 0 spiro atoms. The molecule has 1 aromatic rings. The van der Waals surface area contributed by atoms with Gasteiger partial charge in [-0.2, -0.15) is 0 Å². The highest BCUT2D eigenvalue weighted by Gasteiger charge is 2.22.